The summed E-state index contributed by atoms with van der Waals surface area (Å²) in [6.07, 6.45) is 19.1. The molecular weight excluding hydrogens is 638 g/mol. The molecule has 1 aliphatic carbocycles. The number of aliphatic hydroxyl groups excluding tert-OH is 1. The van der Waals surface area contributed by atoms with E-state index in [0.717, 1.165) is 52.4 Å². The number of aromatic hydroxyl groups is 1. The minimum absolute atomic E-state index is 0.150. The SMILES string of the molecule is CC(C)(C)OC(=O)N1CC[C@@H](O)C1.Oc1ccc(-c2cnc3ccnn3c2)nc1.c1cc2ncc(-c3ccc(OC4CCCC4)cn3)cn2n1. The number of hydrogen-bond acceptors (Lipinski definition) is 11. The number of nitrogens with zero attached hydrogens (tertiary/aromatic N) is 9. The molecule has 50 heavy (non-hydrogen) atoms. The van der Waals surface area contributed by atoms with E-state index in [-0.39, 0.29) is 17.9 Å². The summed E-state index contributed by atoms with van der Waals surface area (Å²) in [6.45, 7) is 6.48. The molecular formula is C36H41N9O5. The second-order valence-electron chi connectivity index (χ2n) is 13.1. The molecule has 0 radical (unpaired) electrons. The van der Waals surface area contributed by atoms with Crippen LogP contribution in [0.15, 0.2) is 86.0 Å². The Labute approximate surface area is 289 Å². The van der Waals surface area contributed by atoms with Crippen LogP contribution in [0.3, 0.4) is 0 Å². The lowest BCUT2D eigenvalue weighted by Crippen LogP contribution is -2.35. The van der Waals surface area contributed by atoms with Crippen LogP contribution in [-0.4, -0.2) is 91.3 Å². The zero-order chi connectivity index (χ0) is 35.1. The van der Waals surface area contributed by atoms with Crippen molar-refractivity contribution in [2.24, 2.45) is 0 Å². The largest absolute Gasteiger partial charge is 0.506 e. The Kier molecular flexibility index (Phi) is 10.5. The maximum atomic E-state index is 11.4. The number of carbonyl (C=O) groups excluding carboxylic acids is 1. The highest BCUT2D eigenvalue weighted by molar-refractivity contribution is 5.68. The van der Waals surface area contributed by atoms with Gasteiger partial charge in [0, 0.05) is 61.1 Å². The molecule has 6 aromatic heterocycles. The van der Waals surface area contributed by atoms with Gasteiger partial charge in [-0.2, -0.15) is 10.2 Å². The number of amides is 1. The van der Waals surface area contributed by atoms with E-state index in [1.54, 1.807) is 46.0 Å². The molecule has 0 unspecified atom stereocenters. The fourth-order valence-corrected chi connectivity index (χ4v) is 5.49. The van der Waals surface area contributed by atoms with Crippen LogP contribution in [0.25, 0.3) is 33.8 Å². The number of fused-ring (bicyclic) bond motifs is 2. The van der Waals surface area contributed by atoms with Crippen LogP contribution in [0.4, 0.5) is 4.79 Å². The van der Waals surface area contributed by atoms with Gasteiger partial charge in [0.2, 0.25) is 0 Å². The smallest absolute Gasteiger partial charge is 0.410 e. The first-order valence-corrected chi connectivity index (χ1v) is 16.6. The summed E-state index contributed by atoms with van der Waals surface area (Å²) in [5.74, 6) is 0.996. The van der Waals surface area contributed by atoms with Gasteiger partial charge in [-0.15, -0.1) is 0 Å². The molecule has 2 aliphatic rings. The molecule has 1 atom stereocenters. The average molecular weight is 680 g/mol. The van der Waals surface area contributed by atoms with E-state index in [4.69, 9.17) is 14.6 Å². The molecule has 0 bridgehead atoms. The third-order valence-electron chi connectivity index (χ3n) is 7.99. The van der Waals surface area contributed by atoms with Gasteiger partial charge in [0.25, 0.3) is 0 Å². The maximum absolute atomic E-state index is 11.4. The summed E-state index contributed by atoms with van der Waals surface area (Å²) < 4.78 is 14.5. The lowest BCUT2D eigenvalue weighted by Gasteiger charge is -2.24. The third kappa shape index (κ3) is 9.08. The second-order valence-corrected chi connectivity index (χ2v) is 13.1. The summed E-state index contributed by atoms with van der Waals surface area (Å²) >= 11 is 0. The predicted molar refractivity (Wildman–Crippen MR) is 185 cm³/mol. The van der Waals surface area contributed by atoms with Gasteiger partial charge in [-0.25, -0.2) is 23.8 Å². The van der Waals surface area contributed by atoms with Crippen molar-refractivity contribution in [3.05, 3.63) is 86.0 Å². The Hall–Kier alpha value is -5.63. The van der Waals surface area contributed by atoms with E-state index >= 15 is 0 Å². The first-order chi connectivity index (χ1) is 24.1. The molecule has 2 fully saturated rings. The van der Waals surface area contributed by atoms with Gasteiger partial charge in [-0.1, -0.05) is 0 Å². The van der Waals surface area contributed by atoms with Crippen LogP contribution in [0.1, 0.15) is 52.9 Å². The predicted octanol–water partition coefficient (Wildman–Crippen LogP) is 5.60. The topological polar surface area (TPSA) is 165 Å². The minimum atomic E-state index is -0.454. The van der Waals surface area contributed by atoms with Crippen LogP contribution >= 0.6 is 0 Å². The summed E-state index contributed by atoms with van der Waals surface area (Å²) in [5, 5.41) is 26.6. The quantitative estimate of drug-likeness (QED) is 0.238. The summed E-state index contributed by atoms with van der Waals surface area (Å²) in [4.78, 5) is 30.1. The standard InChI is InChI=1S/C16H16N4O.C11H8N4O.C9H17NO3/c1-2-4-13(3-1)21-14-5-6-15(17-10-14)12-9-18-16-7-8-19-20(16)11-12;16-9-1-2-10(12-6-9)8-5-13-11-3-4-14-15(11)7-8;1-9(2,3)13-8(12)10-5-4-7(11)6-10/h5-11,13H,1-4H2;1-7,16H;7,11H,4-6H2,1-3H3/t;;7-/m..1/s1. The van der Waals surface area contributed by atoms with Crippen LogP contribution < -0.4 is 4.74 Å². The highest BCUT2D eigenvalue weighted by atomic mass is 16.6. The Morgan fingerprint density at radius 3 is 1.88 bits per heavy atom. The summed E-state index contributed by atoms with van der Waals surface area (Å²) in [7, 11) is 0. The molecule has 260 valence electrons. The van der Waals surface area contributed by atoms with Crippen molar-refractivity contribution >= 4 is 17.4 Å². The van der Waals surface area contributed by atoms with E-state index in [0.29, 0.717) is 25.6 Å². The van der Waals surface area contributed by atoms with Gasteiger partial charge in [-0.05, 0) is 77.1 Å². The number of aliphatic hydroxyl groups is 1. The molecule has 1 saturated carbocycles. The second kappa shape index (κ2) is 15.3. The summed E-state index contributed by atoms with van der Waals surface area (Å²) in [5.41, 5.74) is 4.60. The first kappa shape index (κ1) is 34.2. The van der Waals surface area contributed by atoms with Crippen molar-refractivity contribution in [2.45, 2.75) is 70.7 Å². The molecule has 1 amide bonds. The van der Waals surface area contributed by atoms with Gasteiger partial charge in [0.1, 0.15) is 17.1 Å². The van der Waals surface area contributed by atoms with Gasteiger partial charge in [0.15, 0.2) is 11.3 Å². The monoisotopic (exact) mass is 679 g/mol. The molecule has 14 heteroatoms. The highest BCUT2D eigenvalue weighted by Crippen LogP contribution is 2.25. The number of ether oxygens (including phenoxy) is 2. The Balaban J connectivity index is 0.000000134. The van der Waals surface area contributed by atoms with E-state index in [1.807, 2.05) is 63.6 Å². The van der Waals surface area contributed by atoms with Crippen molar-refractivity contribution in [2.75, 3.05) is 13.1 Å². The lowest BCUT2D eigenvalue weighted by atomic mass is 10.2. The molecule has 6 aromatic rings. The number of aromatic nitrogens is 8. The van der Waals surface area contributed by atoms with Gasteiger partial charge in [-0.3, -0.25) is 9.97 Å². The van der Waals surface area contributed by atoms with E-state index < -0.39 is 5.60 Å². The number of rotatable bonds is 4. The van der Waals surface area contributed by atoms with Crippen molar-refractivity contribution in [1.29, 1.82) is 0 Å². The number of hydrogen-bond donors (Lipinski definition) is 2. The van der Waals surface area contributed by atoms with Gasteiger partial charge >= 0.3 is 6.09 Å². The maximum Gasteiger partial charge on any atom is 0.410 e. The van der Waals surface area contributed by atoms with Gasteiger partial charge < -0.3 is 24.6 Å². The zero-order valence-electron chi connectivity index (χ0n) is 28.3. The van der Waals surface area contributed by atoms with Gasteiger partial charge in [0.05, 0.1) is 48.4 Å². The number of pyridine rings is 2. The lowest BCUT2D eigenvalue weighted by molar-refractivity contribution is 0.0270. The normalized spacial score (nSPS) is 16.1. The van der Waals surface area contributed by atoms with Crippen molar-refractivity contribution in [3.63, 3.8) is 0 Å². The molecule has 0 aromatic carbocycles. The number of likely N-dealkylation sites (tertiary alicyclic amines) is 1. The van der Waals surface area contributed by atoms with Crippen molar-refractivity contribution in [1.82, 2.24) is 44.1 Å². The summed E-state index contributed by atoms with van der Waals surface area (Å²) in [6, 6.07) is 11.0. The third-order valence-corrected chi connectivity index (χ3v) is 7.99. The number of β-amino-alcohol motifs (C(OH)–C–C–N with tert-alkyl or cyclic N) is 1. The van der Waals surface area contributed by atoms with Crippen LogP contribution in [0, 0.1) is 0 Å². The van der Waals surface area contributed by atoms with Crippen LogP contribution in [0.5, 0.6) is 11.5 Å². The zero-order valence-corrected chi connectivity index (χ0v) is 28.3. The Morgan fingerprint density at radius 1 is 0.780 bits per heavy atom. The van der Waals surface area contributed by atoms with Crippen molar-refractivity contribution in [3.8, 4) is 34.0 Å². The molecule has 14 nitrogen and oxygen atoms in total. The van der Waals surface area contributed by atoms with E-state index in [1.165, 1.54) is 23.9 Å². The Bertz CT molecular complexity index is 2000. The Morgan fingerprint density at radius 2 is 1.38 bits per heavy atom. The van der Waals surface area contributed by atoms with E-state index in [9.17, 15) is 9.90 Å². The average Bonchev–Trinajstić information content (AvgIpc) is 3.93. The molecule has 8 rings (SSSR count). The number of carbonyl (C=O) groups is 1. The molecule has 1 aliphatic heterocycles. The highest BCUT2D eigenvalue weighted by Gasteiger charge is 2.28. The molecule has 2 N–H and O–H groups in total. The van der Waals surface area contributed by atoms with Crippen LogP contribution in [-0.2, 0) is 4.74 Å². The molecule has 7 heterocycles. The van der Waals surface area contributed by atoms with Crippen molar-refractivity contribution < 1.29 is 24.5 Å². The van der Waals surface area contributed by atoms with E-state index in [2.05, 4.69) is 30.1 Å². The molecule has 1 saturated heterocycles. The first-order valence-electron chi connectivity index (χ1n) is 16.6. The van der Waals surface area contributed by atoms with Crippen LogP contribution in [0.2, 0.25) is 0 Å². The fraction of sp³-hybridized carbons (Fsp3) is 0.361. The fourth-order valence-electron chi connectivity index (χ4n) is 5.49. The molecule has 0 spiro atoms. The minimum Gasteiger partial charge on any atom is -0.506 e.